The molecule has 1 heterocycles. The second-order valence-electron chi connectivity index (χ2n) is 3.79. The van der Waals surface area contributed by atoms with Crippen molar-refractivity contribution in [2.24, 2.45) is 0 Å². The van der Waals surface area contributed by atoms with Crippen molar-refractivity contribution in [3.63, 3.8) is 0 Å². The number of carbonyl (C=O) groups is 1. The summed E-state index contributed by atoms with van der Waals surface area (Å²) in [5.74, 6) is 2.40. The number of hydrogen-bond acceptors (Lipinski definition) is 2. The Morgan fingerprint density at radius 2 is 2.27 bits per heavy atom. The molecule has 1 amide bonds. The van der Waals surface area contributed by atoms with Gasteiger partial charge in [0.05, 0.1) is 14.2 Å². The molecule has 4 heteroatoms. The first-order valence-corrected chi connectivity index (χ1v) is 6.03. The molecule has 15 heavy (non-hydrogen) atoms. The van der Waals surface area contributed by atoms with Gasteiger partial charge in [0.25, 0.3) is 5.91 Å². The van der Waals surface area contributed by atoms with E-state index in [4.69, 9.17) is 6.42 Å². The quantitative estimate of drug-likeness (QED) is 0.832. The largest absolute Gasteiger partial charge is 0.336 e. The fourth-order valence-electron chi connectivity index (χ4n) is 0.953. The van der Waals surface area contributed by atoms with E-state index in [0.717, 1.165) is 9.35 Å². The van der Waals surface area contributed by atoms with Crippen molar-refractivity contribution in [1.82, 2.24) is 5.32 Å². The Hall–Kier alpha value is -0.790. The van der Waals surface area contributed by atoms with Gasteiger partial charge in [-0.15, -0.1) is 17.8 Å². The number of rotatable bonds is 2. The van der Waals surface area contributed by atoms with Crippen LogP contribution in [0.25, 0.3) is 0 Å². The molecule has 0 atom stereocenters. The third-order valence-electron chi connectivity index (χ3n) is 1.87. The number of amides is 1. The molecule has 0 bridgehead atoms. The highest BCUT2D eigenvalue weighted by Crippen LogP contribution is 2.27. The zero-order valence-corrected chi connectivity index (χ0v) is 11.3. The summed E-state index contributed by atoms with van der Waals surface area (Å²) in [6, 6.07) is 1.84. The number of thiophene rings is 1. The molecule has 0 aliphatic heterocycles. The normalized spacial score (nSPS) is 10.9. The highest BCUT2D eigenvalue weighted by Gasteiger charge is 2.19. The van der Waals surface area contributed by atoms with Crippen LogP contribution < -0.4 is 5.32 Å². The maximum atomic E-state index is 11.8. The third kappa shape index (κ3) is 3.08. The van der Waals surface area contributed by atoms with Crippen LogP contribution in [0.2, 0.25) is 0 Å². The van der Waals surface area contributed by atoms with Crippen molar-refractivity contribution in [2.75, 3.05) is 0 Å². The van der Waals surface area contributed by atoms with Crippen LogP contribution in [-0.2, 0) is 0 Å². The van der Waals surface area contributed by atoms with E-state index in [9.17, 15) is 4.79 Å². The first kappa shape index (κ1) is 12.3. The van der Waals surface area contributed by atoms with Gasteiger partial charge in [-0.3, -0.25) is 4.79 Å². The Morgan fingerprint density at radius 3 is 2.67 bits per heavy atom. The third-order valence-corrected chi connectivity index (χ3v) is 4.00. The Kier molecular flexibility index (Phi) is 3.58. The highest BCUT2D eigenvalue weighted by atomic mass is 79.9. The monoisotopic (exact) mass is 285 g/mol. The molecule has 0 aliphatic rings. The van der Waals surface area contributed by atoms with Crippen molar-refractivity contribution in [2.45, 2.75) is 26.3 Å². The van der Waals surface area contributed by atoms with Gasteiger partial charge in [-0.1, -0.05) is 5.92 Å². The van der Waals surface area contributed by atoms with Crippen molar-refractivity contribution >= 4 is 33.2 Å². The molecule has 0 saturated carbocycles. The fourth-order valence-corrected chi connectivity index (χ4v) is 2.38. The molecule has 1 aromatic heterocycles. The minimum absolute atomic E-state index is 0.128. The standard InChI is InChI=1S/C11H12BrNOS/c1-5-11(3,4)13-10(14)8-6-7(2)9(12)15-8/h1,6H,2-4H3,(H,13,14). The molecule has 1 N–H and O–H groups in total. The SMILES string of the molecule is C#CC(C)(C)NC(=O)c1cc(C)c(Br)s1. The smallest absolute Gasteiger partial charge is 0.262 e. The van der Waals surface area contributed by atoms with E-state index < -0.39 is 5.54 Å². The summed E-state index contributed by atoms with van der Waals surface area (Å²) in [5.41, 5.74) is 0.449. The van der Waals surface area contributed by atoms with Crippen LogP contribution in [0.1, 0.15) is 29.1 Å². The number of carbonyl (C=O) groups excluding carboxylic acids is 1. The first-order valence-electron chi connectivity index (χ1n) is 4.42. The second kappa shape index (κ2) is 4.38. The van der Waals surface area contributed by atoms with Gasteiger partial charge in [-0.2, -0.15) is 0 Å². The van der Waals surface area contributed by atoms with Gasteiger partial charge in [0.15, 0.2) is 0 Å². The summed E-state index contributed by atoms with van der Waals surface area (Å²) in [7, 11) is 0. The van der Waals surface area contributed by atoms with E-state index in [1.165, 1.54) is 11.3 Å². The predicted octanol–water partition coefficient (Wildman–Crippen LogP) is 2.96. The molecular formula is C11H12BrNOS. The zero-order valence-electron chi connectivity index (χ0n) is 8.85. The lowest BCUT2D eigenvalue weighted by Gasteiger charge is -2.18. The summed E-state index contributed by atoms with van der Waals surface area (Å²) >= 11 is 4.79. The van der Waals surface area contributed by atoms with Crippen LogP contribution in [-0.4, -0.2) is 11.4 Å². The fraction of sp³-hybridized carbons (Fsp3) is 0.364. The average Bonchev–Trinajstić information content (AvgIpc) is 2.47. The van der Waals surface area contributed by atoms with E-state index in [-0.39, 0.29) is 5.91 Å². The van der Waals surface area contributed by atoms with E-state index >= 15 is 0 Å². The minimum atomic E-state index is -0.610. The lowest BCUT2D eigenvalue weighted by molar-refractivity contribution is 0.0934. The van der Waals surface area contributed by atoms with E-state index in [2.05, 4.69) is 27.2 Å². The Bertz CT molecular complexity index is 409. The van der Waals surface area contributed by atoms with Crippen molar-refractivity contribution in [3.05, 3.63) is 20.3 Å². The highest BCUT2D eigenvalue weighted by molar-refractivity contribution is 9.11. The minimum Gasteiger partial charge on any atom is -0.336 e. The summed E-state index contributed by atoms with van der Waals surface area (Å²) in [5, 5.41) is 2.78. The van der Waals surface area contributed by atoms with Gasteiger partial charge >= 0.3 is 0 Å². The summed E-state index contributed by atoms with van der Waals surface area (Å²) in [6.07, 6.45) is 5.30. The van der Waals surface area contributed by atoms with Crippen LogP contribution >= 0.6 is 27.3 Å². The van der Waals surface area contributed by atoms with E-state index in [1.807, 2.05) is 13.0 Å². The maximum absolute atomic E-state index is 11.8. The van der Waals surface area contributed by atoms with Crippen molar-refractivity contribution in [3.8, 4) is 12.3 Å². The van der Waals surface area contributed by atoms with Gasteiger partial charge < -0.3 is 5.32 Å². The molecule has 0 aromatic carbocycles. The van der Waals surface area contributed by atoms with Gasteiger partial charge in [0.2, 0.25) is 0 Å². The zero-order chi connectivity index (χ0) is 11.6. The maximum Gasteiger partial charge on any atom is 0.262 e. The summed E-state index contributed by atoms with van der Waals surface area (Å²) in [4.78, 5) is 12.4. The van der Waals surface area contributed by atoms with Gasteiger partial charge in [-0.25, -0.2) is 0 Å². The molecule has 0 spiro atoms. The Balaban J connectivity index is 2.84. The molecule has 2 nitrogen and oxygen atoms in total. The van der Waals surface area contributed by atoms with Crippen molar-refractivity contribution in [1.29, 1.82) is 0 Å². The van der Waals surface area contributed by atoms with E-state index in [1.54, 1.807) is 13.8 Å². The Morgan fingerprint density at radius 1 is 1.67 bits per heavy atom. The number of halogens is 1. The summed E-state index contributed by atoms with van der Waals surface area (Å²) < 4.78 is 0.978. The molecule has 0 saturated heterocycles. The second-order valence-corrected chi connectivity index (χ2v) is 6.16. The molecule has 0 radical (unpaired) electrons. The van der Waals surface area contributed by atoms with Crippen LogP contribution in [0.15, 0.2) is 9.85 Å². The van der Waals surface area contributed by atoms with Crippen LogP contribution in [0.4, 0.5) is 0 Å². The summed E-state index contributed by atoms with van der Waals surface area (Å²) in [6.45, 7) is 5.53. The van der Waals surface area contributed by atoms with Gasteiger partial charge in [-0.05, 0) is 48.3 Å². The first-order chi connectivity index (χ1) is 6.85. The Labute approximate surface area is 102 Å². The number of nitrogens with one attached hydrogen (secondary N) is 1. The van der Waals surface area contributed by atoms with Gasteiger partial charge in [0.1, 0.15) is 0 Å². The van der Waals surface area contributed by atoms with E-state index in [0.29, 0.717) is 4.88 Å². The van der Waals surface area contributed by atoms with Crippen LogP contribution in [0.3, 0.4) is 0 Å². The number of hydrogen-bond donors (Lipinski definition) is 1. The predicted molar refractivity (Wildman–Crippen MR) is 67.1 cm³/mol. The molecule has 1 rings (SSSR count). The number of aryl methyl sites for hydroxylation is 1. The van der Waals surface area contributed by atoms with Crippen LogP contribution in [0, 0.1) is 19.3 Å². The molecule has 0 aliphatic carbocycles. The topological polar surface area (TPSA) is 29.1 Å². The molecule has 80 valence electrons. The average molecular weight is 286 g/mol. The molecule has 0 fully saturated rings. The van der Waals surface area contributed by atoms with Crippen LogP contribution in [0.5, 0.6) is 0 Å². The molecular weight excluding hydrogens is 274 g/mol. The number of terminal acetylenes is 1. The lowest BCUT2D eigenvalue weighted by Crippen LogP contribution is -2.41. The van der Waals surface area contributed by atoms with Gasteiger partial charge in [0, 0.05) is 0 Å². The van der Waals surface area contributed by atoms with Crippen molar-refractivity contribution < 1.29 is 4.79 Å². The molecule has 0 unspecified atom stereocenters. The molecule has 1 aromatic rings. The lowest BCUT2D eigenvalue weighted by atomic mass is 10.1.